The topological polar surface area (TPSA) is 32.5 Å². The fourth-order valence-electron chi connectivity index (χ4n) is 3.30. The Morgan fingerprint density at radius 2 is 2.00 bits per heavy atom. The highest BCUT2D eigenvalue weighted by Crippen LogP contribution is 2.31. The first kappa shape index (κ1) is 16.3. The molecule has 1 heterocycles. The summed E-state index contributed by atoms with van der Waals surface area (Å²) in [6, 6.07) is 7.76. The van der Waals surface area contributed by atoms with E-state index < -0.39 is 0 Å². The van der Waals surface area contributed by atoms with Gasteiger partial charge in [0.15, 0.2) is 0 Å². The maximum absolute atomic E-state index is 6.09. The summed E-state index contributed by atoms with van der Waals surface area (Å²) < 4.78 is 0. The summed E-state index contributed by atoms with van der Waals surface area (Å²) in [5.41, 5.74) is 10.3. The van der Waals surface area contributed by atoms with Gasteiger partial charge in [-0.1, -0.05) is 26.0 Å². The van der Waals surface area contributed by atoms with E-state index in [1.807, 2.05) is 0 Å². The predicted octanol–water partition coefficient (Wildman–Crippen LogP) is 3.05. The molecule has 0 aromatic heterocycles. The molecule has 3 heteroatoms. The number of nitrogens with zero attached hydrogens (tertiary/aromatic N) is 2. The Kier molecular flexibility index (Phi) is 5.28. The largest absolute Gasteiger partial charge is 0.374 e. The van der Waals surface area contributed by atoms with Crippen LogP contribution in [0.2, 0.25) is 0 Å². The zero-order valence-corrected chi connectivity index (χ0v) is 14.3. The quantitative estimate of drug-likeness (QED) is 0.904. The van der Waals surface area contributed by atoms with Crippen LogP contribution in [0.15, 0.2) is 18.2 Å². The zero-order chi connectivity index (χ0) is 15.6. The molecule has 1 aromatic carbocycles. The van der Waals surface area contributed by atoms with Crippen molar-refractivity contribution < 1.29 is 0 Å². The first-order chi connectivity index (χ1) is 9.95. The molecule has 0 saturated carbocycles. The standard InChI is InChI=1S/C18H31N3/c1-13(2)14(3)21(5)18(12-19)16-8-9-17-15(11-16)7-6-10-20(17)4/h8-9,11,13-14,18H,6-7,10,12,19H2,1-5H3. The first-order valence-electron chi connectivity index (χ1n) is 8.21. The number of fused-ring (bicyclic) bond motifs is 1. The number of hydrogen-bond donors (Lipinski definition) is 1. The minimum absolute atomic E-state index is 0.305. The highest BCUT2D eigenvalue weighted by atomic mass is 15.2. The summed E-state index contributed by atoms with van der Waals surface area (Å²) in [4.78, 5) is 4.79. The molecule has 0 bridgehead atoms. The number of anilines is 1. The van der Waals surface area contributed by atoms with E-state index in [0.717, 1.165) is 6.54 Å². The highest BCUT2D eigenvalue weighted by Gasteiger charge is 2.23. The Labute approximate surface area is 130 Å². The summed E-state index contributed by atoms with van der Waals surface area (Å²) in [6.45, 7) is 8.67. The SMILES string of the molecule is CC(C)C(C)N(C)C(CN)c1ccc2c(c1)CCCN2C. The second-order valence-electron chi connectivity index (χ2n) is 6.81. The Bertz CT molecular complexity index is 470. The Morgan fingerprint density at radius 3 is 2.62 bits per heavy atom. The minimum atomic E-state index is 0.305. The van der Waals surface area contributed by atoms with E-state index in [1.54, 1.807) is 0 Å². The molecule has 2 N–H and O–H groups in total. The molecule has 0 aliphatic carbocycles. The van der Waals surface area contributed by atoms with E-state index in [1.165, 1.54) is 29.7 Å². The second kappa shape index (κ2) is 6.80. The third-order valence-electron chi connectivity index (χ3n) is 5.16. The summed E-state index contributed by atoms with van der Waals surface area (Å²) >= 11 is 0. The number of benzene rings is 1. The van der Waals surface area contributed by atoms with Crippen LogP contribution in [0.5, 0.6) is 0 Å². The molecule has 2 rings (SSSR count). The van der Waals surface area contributed by atoms with Crippen molar-refractivity contribution in [2.24, 2.45) is 11.7 Å². The van der Waals surface area contributed by atoms with Gasteiger partial charge in [0.25, 0.3) is 0 Å². The Balaban J connectivity index is 2.26. The van der Waals surface area contributed by atoms with Gasteiger partial charge in [0.05, 0.1) is 0 Å². The lowest BCUT2D eigenvalue weighted by atomic mass is 9.94. The van der Waals surface area contributed by atoms with Gasteiger partial charge in [-0.25, -0.2) is 0 Å². The number of likely N-dealkylation sites (N-methyl/N-ethyl adjacent to an activating group) is 1. The van der Waals surface area contributed by atoms with E-state index >= 15 is 0 Å². The van der Waals surface area contributed by atoms with Crippen molar-refractivity contribution in [1.82, 2.24) is 4.90 Å². The van der Waals surface area contributed by atoms with Crippen LogP contribution in [-0.4, -0.2) is 38.1 Å². The second-order valence-corrected chi connectivity index (χ2v) is 6.81. The molecule has 0 fully saturated rings. The van der Waals surface area contributed by atoms with Crippen molar-refractivity contribution in [1.29, 1.82) is 0 Å². The molecule has 1 aromatic rings. The molecule has 2 unspecified atom stereocenters. The van der Waals surface area contributed by atoms with Gasteiger partial charge in [-0.05, 0) is 49.9 Å². The summed E-state index contributed by atoms with van der Waals surface area (Å²) in [6.07, 6.45) is 2.44. The predicted molar refractivity (Wildman–Crippen MR) is 91.9 cm³/mol. The van der Waals surface area contributed by atoms with Crippen LogP contribution >= 0.6 is 0 Å². The van der Waals surface area contributed by atoms with Gasteiger partial charge in [0.2, 0.25) is 0 Å². The number of hydrogen-bond acceptors (Lipinski definition) is 3. The Hall–Kier alpha value is -1.06. The van der Waals surface area contributed by atoms with E-state index in [0.29, 0.717) is 24.5 Å². The van der Waals surface area contributed by atoms with Crippen molar-refractivity contribution in [2.45, 2.75) is 45.7 Å². The van der Waals surface area contributed by atoms with Crippen molar-refractivity contribution in [3.63, 3.8) is 0 Å². The number of aryl methyl sites for hydroxylation is 1. The molecule has 3 nitrogen and oxygen atoms in total. The van der Waals surface area contributed by atoms with Gasteiger partial charge in [-0.2, -0.15) is 0 Å². The van der Waals surface area contributed by atoms with Crippen molar-refractivity contribution in [3.8, 4) is 0 Å². The van der Waals surface area contributed by atoms with Gasteiger partial charge in [0, 0.05) is 37.9 Å². The van der Waals surface area contributed by atoms with Crippen molar-refractivity contribution in [2.75, 3.05) is 32.1 Å². The molecule has 1 aliphatic rings. The van der Waals surface area contributed by atoms with Crippen LogP contribution < -0.4 is 10.6 Å². The van der Waals surface area contributed by atoms with Gasteiger partial charge in [-0.15, -0.1) is 0 Å². The molecular formula is C18H31N3. The molecule has 0 spiro atoms. The van der Waals surface area contributed by atoms with Crippen LogP contribution in [0.1, 0.15) is 44.4 Å². The minimum Gasteiger partial charge on any atom is -0.374 e. The third kappa shape index (κ3) is 3.41. The van der Waals surface area contributed by atoms with Gasteiger partial charge in [0.1, 0.15) is 0 Å². The molecule has 21 heavy (non-hydrogen) atoms. The van der Waals surface area contributed by atoms with Gasteiger partial charge >= 0.3 is 0 Å². The van der Waals surface area contributed by atoms with E-state index in [-0.39, 0.29) is 0 Å². The van der Waals surface area contributed by atoms with Gasteiger partial charge < -0.3 is 10.6 Å². The lowest BCUT2D eigenvalue weighted by molar-refractivity contribution is 0.152. The molecule has 0 saturated heterocycles. The normalized spacial score (nSPS) is 18.0. The molecule has 118 valence electrons. The molecular weight excluding hydrogens is 258 g/mol. The van der Waals surface area contributed by atoms with Crippen LogP contribution in [0.3, 0.4) is 0 Å². The Morgan fingerprint density at radius 1 is 1.29 bits per heavy atom. The highest BCUT2D eigenvalue weighted by molar-refractivity contribution is 5.56. The monoisotopic (exact) mass is 289 g/mol. The van der Waals surface area contributed by atoms with Crippen LogP contribution in [0.4, 0.5) is 5.69 Å². The van der Waals surface area contributed by atoms with E-state index in [9.17, 15) is 0 Å². The molecule has 0 radical (unpaired) electrons. The third-order valence-corrected chi connectivity index (χ3v) is 5.16. The van der Waals surface area contributed by atoms with Crippen molar-refractivity contribution in [3.05, 3.63) is 29.3 Å². The lowest BCUT2D eigenvalue weighted by Gasteiger charge is -2.36. The molecule has 2 atom stereocenters. The van der Waals surface area contributed by atoms with E-state index in [2.05, 4.69) is 62.9 Å². The lowest BCUT2D eigenvalue weighted by Crippen LogP contribution is -2.39. The number of nitrogens with two attached hydrogens (primary N) is 1. The number of rotatable bonds is 5. The maximum atomic E-state index is 6.09. The average Bonchev–Trinajstić information content (AvgIpc) is 2.47. The van der Waals surface area contributed by atoms with Crippen LogP contribution in [-0.2, 0) is 6.42 Å². The molecule has 1 aliphatic heterocycles. The summed E-state index contributed by atoms with van der Waals surface area (Å²) in [5, 5.41) is 0. The smallest absolute Gasteiger partial charge is 0.0470 e. The maximum Gasteiger partial charge on any atom is 0.0470 e. The first-order valence-corrected chi connectivity index (χ1v) is 8.21. The van der Waals surface area contributed by atoms with Crippen molar-refractivity contribution >= 4 is 5.69 Å². The fraction of sp³-hybridized carbons (Fsp3) is 0.667. The zero-order valence-electron chi connectivity index (χ0n) is 14.3. The van der Waals surface area contributed by atoms with Crippen LogP contribution in [0, 0.1) is 5.92 Å². The fourth-order valence-corrected chi connectivity index (χ4v) is 3.30. The summed E-state index contributed by atoms with van der Waals surface area (Å²) in [7, 11) is 4.39. The van der Waals surface area contributed by atoms with E-state index in [4.69, 9.17) is 5.73 Å². The van der Waals surface area contributed by atoms with Crippen LogP contribution in [0.25, 0.3) is 0 Å². The summed E-state index contributed by atoms with van der Waals surface area (Å²) in [5.74, 6) is 0.632. The van der Waals surface area contributed by atoms with Gasteiger partial charge in [-0.3, -0.25) is 4.90 Å². The molecule has 0 amide bonds. The average molecular weight is 289 g/mol.